The van der Waals surface area contributed by atoms with Crippen LogP contribution in [0.3, 0.4) is 0 Å². The minimum atomic E-state index is 0.301. The predicted molar refractivity (Wildman–Crippen MR) is 122 cm³/mol. The fourth-order valence-corrected chi connectivity index (χ4v) is 4.68. The van der Waals surface area contributed by atoms with Gasteiger partial charge in [-0.3, -0.25) is 4.79 Å². The van der Waals surface area contributed by atoms with Crippen LogP contribution in [0.25, 0.3) is 10.1 Å². The fraction of sp³-hybridized carbons (Fsp3) is 0.318. The number of hydrogen-bond acceptors (Lipinski definition) is 7. The monoisotopic (exact) mass is 430 g/mol. The predicted octanol–water partition coefficient (Wildman–Crippen LogP) is 5.28. The van der Waals surface area contributed by atoms with Crippen molar-refractivity contribution in [3.8, 4) is 0 Å². The molecule has 0 radical (unpaired) electrons. The van der Waals surface area contributed by atoms with Gasteiger partial charge < -0.3 is 14.2 Å². The van der Waals surface area contributed by atoms with E-state index in [4.69, 9.17) is 9.29 Å². The first-order chi connectivity index (χ1) is 14.2. The molecule has 1 N–H and O–H groups in total. The topological polar surface area (TPSA) is 53.0 Å². The highest BCUT2D eigenvalue weighted by Gasteiger charge is 2.24. The summed E-state index contributed by atoms with van der Waals surface area (Å²) in [4.78, 5) is 12.6. The summed E-state index contributed by atoms with van der Waals surface area (Å²) in [5.74, 6) is 0. The van der Waals surface area contributed by atoms with Crippen molar-refractivity contribution in [1.82, 2.24) is 4.31 Å². The van der Waals surface area contributed by atoms with Gasteiger partial charge in [0.2, 0.25) is 0 Å². The average molecular weight is 431 g/mol. The molecule has 0 bridgehead atoms. The van der Waals surface area contributed by atoms with Crippen LogP contribution < -0.4 is 4.90 Å². The van der Waals surface area contributed by atoms with Gasteiger partial charge in [-0.15, -0.1) is 11.3 Å². The van der Waals surface area contributed by atoms with Crippen LogP contribution in [0.4, 0.5) is 5.69 Å². The Bertz CT molecular complexity index is 864. The molecule has 1 aliphatic rings. The van der Waals surface area contributed by atoms with Crippen molar-refractivity contribution in [3.63, 3.8) is 0 Å². The number of ether oxygens (including phenoxy) is 1. The normalized spacial score (nSPS) is 14.8. The van der Waals surface area contributed by atoms with Crippen LogP contribution in [-0.4, -0.2) is 41.5 Å². The number of thiophene rings is 1. The third kappa shape index (κ3) is 5.96. The second-order valence-electron chi connectivity index (χ2n) is 6.85. The number of carbonyl (C=O) groups excluding carboxylic acids is 1. The molecule has 0 atom stereocenters. The standard InChI is InChI=1S/C14H20N2O3S.C8H6S/c1-15(13-6-8-16(20-18)9-7-13)14-5-3-2-4-12(14)10-19-11-17;1-2-4-8-7(3-1)5-6-9-8/h2-5,11,13,18H,6-10H2,1H3;1-6H. The van der Waals surface area contributed by atoms with Crippen LogP contribution in [0.5, 0.6) is 0 Å². The van der Waals surface area contributed by atoms with E-state index in [2.05, 4.69) is 53.7 Å². The lowest BCUT2D eigenvalue weighted by Gasteiger charge is -2.37. The minimum Gasteiger partial charge on any atom is -0.463 e. The first-order valence-electron chi connectivity index (χ1n) is 9.57. The molecule has 0 amide bonds. The summed E-state index contributed by atoms with van der Waals surface area (Å²) in [6.07, 6.45) is 2.01. The average Bonchev–Trinajstić information content (AvgIpc) is 3.27. The van der Waals surface area contributed by atoms with Crippen molar-refractivity contribution >= 4 is 45.8 Å². The summed E-state index contributed by atoms with van der Waals surface area (Å²) in [5.41, 5.74) is 2.12. The Balaban J connectivity index is 0.000000220. The molecule has 0 spiro atoms. The molecule has 4 rings (SSSR count). The number of nitrogens with zero attached hydrogens (tertiary/aromatic N) is 2. The van der Waals surface area contributed by atoms with Crippen LogP contribution in [0.1, 0.15) is 18.4 Å². The lowest BCUT2D eigenvalue weighted by Crippen LogP contribution is -2.41. The maximum atomic E-state index is 10.4. The van der Waals surface area contributed by atoms with Gasteiger partial charge in [-0.05, 0) is 41.8 Å². The summed E-state index contributed by atoms with van der Waals surface area (Å²) < 4.78 is 17.3. The number of benzene rings is 2. The third-order valence-electron chi connectivity index (χ3n) is 5.13. The first-order valence-corrected chi connectivity index (χ1v) is 11.2. The highest BCUT2D eigenvalue weighted by molar-refractivity contribution is 7.91. The fourth-order valence-electron chi connectivity index (χ4n) is 3.51. The van der Waals surface area contributed by atoms with Gasteiger partial charge in [-0.2, -0.15) is 0 Å². The molecular weight excluding hydrogens is 404 g/mol. The van der Waals surface area contributed by atoms with Crippen LogP contribution in [0.15, 0.2) is 60.0 Å². The Morgan fingerprint density at radius 1 is 1.17 bits per heavy atom. The van der Waals surface area contributed by atoms with E-state index in [0.717, 1.165) is 49.4 Å². The van der Waals surface area contributed by atoms with Crippen molar-refractivity contribution in [3.05, 3.63) is 65.5 Å². The Labute approximate surface area is 180 Å². The summed E-state index contributed by atoms with van der Waals surface area (Å²) in [7, 11) is 2.08. The molecule has 0 saturated carbocycles. The van der Waals surface area contributed by atoms with Gasteiger partial charge in [0.15, 0.2) is 0 Å². The van der Waals surface area contributed by atoms with Crippen molar-refractivity contribution in [1.29, 1.82) is 0 Å². The van der Waals surface area contributed by atoms with Gasteiger partial charge in [0.25, 0.3) is 6.47 Å². The molecule has 1 aromatic heterocycles. The van der Waals surface area contributed by atoms with Crippen molar-refractivity contribution in [2.75, 3.05) is 25.0 Å². The molecule has 0 aliphatic carbocycles. The van der Waals surface area contributed by atoms with E-state index in [-0.39, 0.29) is 0 Å². The van der Waals surface area contributed by atoms with Gasteiger partial charge in [0.05, 0.1) is 12.2 Å². The molecule has 1 saturated heterocycles. The van der Waals surface area contributed by atoms with Crippen molar-refractivity contribution in [2.45, 2.75) is 25.5 Å². The van der Waals surface area contributed by atoms with E-state index in [9.17, 15) is 4.79 Å². The van der Waals surface area contributed by atoms with E-state index in [1.807, 2.05) is 22.5 Å². The van der Waals surface area contributed by atoms with E-state index in [1.165, 1.54) is 10.1 Å². The maximum absolute atomic E-state index is 10.4. The number of anilines is 1. The van der Waals surface area contributed by atoms with E-state index < -0.39 is 0 Å². The van der Waals surface area contributed by atoms with Crippen LogP contribution in [-0.2, 0) is 16.1 Å². The molecule has 2 heterocycles. The Morgan fingerprint density at radius 3 is 2.62 bits per heavy atom. The Hall–Kier alpha value is -2.06. The third-order valence-corrected chi connectivity index (χ3v) is 6.62. The Morgan fingerprint density at radius 2 is 1.90 bits per heavy atom. The molecule has 154 valence electrons. The van der Waals surface area contributed by atoms with E-state index in [0.29, 0.717) is 19.1 Å². The molecule has 2 aromatic carbocycles. The number of piperidine rings is 1. The van der Waals surface area contributed by atoms with Gasteiger partial charge in [-0.25, -0.2) is 4.31 Å². The number of fused-ring (bicyclic) bond motifs is 1. The molecule has 1 aliphatic heterocycles. The zero-order chi connectivity index (χ0) is 20.5. The van der Waals surface area contributed by atoms with Crippen molar-refractivity contribution < 1.29 is 14.1 Å². The number of para-hydroxylation sites is 1. The molecule has 29 heavy (non-hydrogen) atoms. The summed E-state index contributed by atoms with van der Waals surface area (Å²) >= 11 is 2.61. The van der Waals surface area contributed by atoms with E-state index >= 15 is 0 Å². The van der Waals surface area contributed by atoms with Crippen LogP contribution >= 0.6 is 23.6 Å². The summed E-state index contributed by atoms with van der Waals surface area (Å²) in [6.45, 7) is 2.54. The number of hydrogen-bond donors (Lipinski definition) is 1. The first kappa shape index (κ1) is 21.6. The lowest BCUT2D eigenvalue weighted by atomic mass is 10.0. The maximum Gasteiger partial charge on any atom is 0.293 e. The van der Waals surface area contributed by atoms with Gasteiger partial charge >= 0.3 is 0 Å². The second kappa shape index (κ2) is 11.2. The smallest absolute Gasteiger partial charge is 0.293 e. The van der Waals surface area contributed by atoms with Gasteiger partial charge in [-0.1, -0.05) is 36.4 Å². The van der Waals surface area contributed by atoms with Crippen molar-refractivity contribution in [2.24, 2.45) is 0 Å². The van der Waals surface area contributed by atoms with E-state index in [1.54, 1.807) is 11.3 Å². The largest absolute Gasteiger partial charge is 0.463 e. The highest BCUT2D eigenvalue weighted by atomic mass is 32.2. The molecule has 7 heteroatoms. The SMILES string of the molecule is CN(c1ccccc1COC=O)C1CCN(SO)CC1.c1ccc2sccc2c1. The zero-order valence-corrected chi connectivity index (χ0v) is 18.1. The highest BCUT2D eigenvalue weighted by Crippen LogP contribution is 2.27. The van der Waals surface area contributed by atoms with Gasteiger partial charge in [0.1, 0.15) is 6.61 Å². The van der Waals surface area contributed by atoms with Crippen LogP contribution in [0.2, 0.25) is 0 Å². The number of carbonyl (C=O) groups is 1. The molecule has 3 aromatic rings. The zero-order valence-electron chi connectivity index (χ0n) is 16.4. The molecule has 5 nitrogen and oxygen atoms in total. The van der Waals surface area contributed by atoms with Gasteiger partial charge in [0, 0.05) is 42.1 Å². The molecular formula is C22H26N2O3S2. The quantitative estimate of drug-likeness (QED) is 0.326. The summed E-state index contributed by atoms with van der Waals surface area (Å²) in [5, 5.41) is 3.47. The minimum absolute atomic E-state index is 0.301. The molecule has 0 unspecified atom stereocenters. The number of rotatable bonds is 6. The molecule has 1 fully saturated rings. The van der Waals surface area contributed by atoms with Crippen LogP contribution in [0, 0.1) is 0 Å². The Kier molecular flexibility index (Phi) is 8.37. The summed E-state index contributed by atoms with van der Waals surface area (Å²) in [6, 6.07) is 19.0. The second-order valence-corrected chi connectivity index (χ2v) is 8.47. The lowest BCUT2D eigenvalue weighted by molar-refractivity contribution is -0.129.